The maximum absolute atomic E-state index is 12.1. The van der Waals surface area contributed by atoms with Gasteiger partial charge in [-0.2, -0.15) is 0 Å². The van der Waals surface area contributed by atoms with E-state index in [-0.39, 0.29) is 12.3 Å². The minimum atomic E-state index is -0.114. The quantitative estimate of drug-likeness (QED) is 0.886. The first-order valence-electron chi connectivity index (χ1n) is 7.17. The smallest absolute Gasteiger partial charge is 0.228 e. The zero-order valence-corrected chi connectivity index (χ0v) is 13.8. The highest BCUT2D eigenvalue weighted by Crippen LogP contribution is 2.27. The number of amides is 1. The number of anilines is 2. The summed E-state index contributed by atoms with van der Waals surface area (Å²) in [4.78, 5) is 18.3. The first kappa shape index (κ1) is 16.6. The van der Waals surface area contributed by atoms with Gasteiger partial charge in [0.25, 0.3) is 0 Å². The molecule has 0 aliphatic rings. The first-order valence-corrected chi connectivity index (χ1v) is 7.17. The van der Waals surface area contributed by atoms with Gasteiger partial charge in [0.2, 0.25) is 5.91 Å². The van der Waals surface area contributed by atoms with Crippen molar-refractivity contribution >= 4 is 17.4 Å². The molecule has 0 atom stereocenters. The lowest BCUT2D eigenvalue weighted by atomic mass is 10.1. The van der Waals surface area contributed by atoms with E-state index in [0.717, 1.165) is 11.4 Å². The number of hydrogen-bond acceptors (Lipinski definition) is 5. The molecule has 2 aromatic rings. The minimum Gasteiger partial charge on any atom is -0.493 e. The molecule has 23 heavy (non-hydrogen) atoms. The molecule has 1 amide bonds. The Hall–Kier alpha value is -2.76. The number of pyridine rings is 1. The molecule has 0 bridgehead atoms. The maximum Gasteiger partial charge on any atom is 0.228 e. The van der Waals surface area contributed by atoms with Crippen molar-refractivity contribution in [2.45, 2.75) is 6.42 Å². The Kier molecular flexibility index (Phi) is 5.41. The second-order valence-corrected chi connectivity index (χ2v) is 5.21. The van der Waals surface area contributed by atoms with Crippen molar-refractivity contribution in [3.63, 3.8) is 0 Å². The molecule has 6 nitrogen and oxygen atoms in total. The van der Waals surface area contributed by atoms with E-state index >= 15 is 0 Å². The van der Waals surface area contributed by atoms with Crippen molar-refractivity contribution in [2.24, 2.45) is 0 Å². The molecule has 0 saturated heterocycles. The molecule has 0 unspecified atom stereocenters. The second-order valence-electron chi connectivity index (χ2n) is 5.21. The number of aromatic nitrogens is 1. The van der Waals surface area contributed by atoms with E-state index < -0.39 is 0 Å². The van der Waals surface area contributed by atoms with E-state index in [1.54, 1.807) is 32.5 Å². The molecular weight excluding hydrogens is 294 g/mol. The summed E-state index contributed by atoms with van der Waals surface area (Å²) in [5, 5.41) is 2.83. The number of nitrogens with zero attached hydrogens (tertiary/aromatic N) is 2. The summed E-state index contributed by atoms with van der Waals surface area (Å²) < 4.78 is 10.4. The van der Waals surface area contributed by atoms with Gasteiger partial charge in [0.05, 0.1) is 32.5 Å². The lowest BCUT2D eigenvalue weighted by Gasteiger charge is -2.12. The highest BCUT2D eigenvalue weighted by atomic mass is 16.5. The monoisotopic (exact) mass is 315 g/mol. The van der Waals surface area contributed by atoms with Crippen LogP contribution in [-0.4, -0.2) is 39.2 Å². The molecule has 0 fully saturated rings. The summed E-state index contributed by atoms with van der Waals surface area (Å²) in [6.07, 6.45) is 1.89. The molecule has 0 aliphatic heterocycles. The molecule has 6 heteroatoms. The number of hydrogen-bond donors (Lipinski definition) is 1. The zero-order chi connectivity index (χ0) is 16.8. The van der Waals surface area contributed by atoms with Gasteiger partial charge in [-0.1, -0.05) is 6.07 Å². The first-order chi connectivity index (χ1) is 11.0. The molecule has 2 rings (SSSR count). The number of carbonyl (C=O) groups is 1. The Labute approximate surface area is 136 Å². The predicted octanol–water partition coefficient (Wildman–Crippen LogP) is 2.35. The summed E-state index contributed by atoms with van der Waals surface area (Å²) in [6.45, 7) is 0. The van der Waals surface area contributed by atoms with Crippen molar-refractivity contribution in [2.75, 3.05) is 38.5 Å². The number of rotatable bonds is 6. The van der Waals surface area contributed by atoms with E-state index in [1.165, 1.54) is 0 Å². The van der Waals surface area contributed by atoms with Gasteiger partial charge >= 0.3 is 0 Å². The van der Waals surface area contributed by atoms with Crippen LogP contribution < -0.4 is 19.7 Å². The fourth-order valence-corrected chi connectivity index (χ4v) is 2.11. The van der Waals surface area contributed by atoms with Crippen LogP contribution in [0.15, 0.2) is 36.5 Å². The molecule has 122 valence electrons. The third-order valence-corrected chi connectivity index (χ3v) is 3.30. The molecular formula is C17H21N3O3. The Morgan fingerprint density at radius 2 is 1.87 bits per heavy atom. The van der Waals surface area contributed by atoms with Crippen molar-refractivity contribution in [1.29, 1.82) is 0 Å². The van der Waals surface area contributed by atoms with Crippen LogP contribution in [0.2, 0.25) is 0 Å². The van der Waals surface area contributed by atoms with Crippen LogP contribution in [0.3, 0.4) is 0 Å². The minimum absolute atomic E-state index is 0.114. The average molecular weight is 315 g/mol. The Bertz CT molecular complexity index is 669. The van der Waals surface area contributed by atoms with E-state index in [2.05, 4.69) is 10.3 Å². The van der Waals surface area contributed by atoms with Crippen LogP contribution in [0, 0.1) is 0 Å². The lowest BCUT2D eigenvalue weighted by Crippen LogP contribution is -2.15. The molecule has 0 radical (unpaired) electrons. The van der Waals surface area contributed by atoms with E-state index in [9.17, 15) is 4.79 Å². The van der Waals surface area contributed by atoms with Crippen molar-refractivity contribution in [3.05, 3.63) is 42.1 Å². The molecule has 1 aromatic carbocycles. The van der Waals surface area contributed by atoms with Crippen LogP contribution in [-0.2, 0) is 11.2 Å². The Morgan fingerprint density at radius 3 is 2.43 bits per heavy atom. The van der Waals surface area contributed by atoms with Crippen molar-refractivity contribution < 1.29 is 14.3 Å². The van der Waals surface area contributed by atoms with Gasteiger partial charge in [0.15, 0.2) is 11.5 Å². The van der Waals surface area contributed by atoms with Gasteiger partial charge in [0, 0.05) is 14.1 Å². The number of ether oxygens (including phenoxy) is 2. The second kappa shape index (κ2) is 7.49. The standard InChI is InChI=1S/C17H21N3O3/c1-20(2)16-8-6-13(11-18-16)19-17(21)10-12-5-7-14(22-3)15(9-12)23-4/h5-9,11H,10H2,1-4H3,(H,19,21). The van der Waals surface area contributed by atoms with Gasteiger partial charge in [-0.25, -0.2) is 4.98 Å². The van der Waals surface area contributed by atoms with E-state index in [0.29, 0.717) is 17.2 Å². The van der Waals surface area contributed by atoms with Crippen LogP contribution in [0.1, 0.15) is 5.56 Å². The largest absolute Gasteiger partial charge is 0.493 e. The summed E-state index contributed by atoms with van der Waals surface area (Å²) in [5.41, 5.74) is 1.51. The summed E-state index contributed by atoms with van der Waals surface area (Å²) in [5.74, 6) is 1.97. The highest BCUT2D eigenvalue weighted by molar-refractivity contribution is 5.92. The van der Waals surface area contributed by atoms with Gasteiger partial charge in [-0.3, -0.25) is 4.79 Å². The third-order valence-electron chi connectivity index (χ3n) is 3.30. The Balaban J connectivity index is 2.01. The van der Waals surface area contributed by atoms with E-state index in [4.69, 9.17) is 9.47 Å². The van der Waals surface area contributed by atoms with Crippen LogP contribution in [0.4, 0.5) is 11.5 Å². The molecule has 1 heterocycles. The molecule has 0 saturated carbocycles. The van der Waals surface area contributed by atoms with Crippen LogP contribution in [0.25, 0.3) is 0 Å². The van der Waals surface area contributed by atoms with E-state index in [1.807, 2.05) is 37.2 Å². The molecule has 0 aliphatic carbocycles. The van der Waals surface area contributed by atoms with Gasteiger partial charge in [-0.05, 0) is 29.8 Å². The van der Waals surface area contributed by atoms with Gasteiger partial charge in [0.1, 0.15) is 5.82 Å². The Morgan fingerprint density at radius 1 is 1.13 bits per heavy atom. The fourth-order valence-electron chi connectivity index (χ4n) is 2.11. The van der Waals surface area contributed by atoms with Gasteiger partial charge < -0.3 is 19.7 Å². The summed E-state index contributed by atoms with van der Waals surface area (Å²) >= 11 is 0. The van der Waals surface area contributed by atoms with Crippen molar-refractivity contribution in [1.82, 2.24) is 4.98 Å². The average Bonchev–Trinajstić information content (AvgIpc) is 2.55. The fraction of sp³-hybridized carbons (Fsp3) is 0.294. The molecule has 1 aromatic heterocycles. The number of methoxy groups -OCH3 is 2. The van der Waals surface area contributed by atoms with Crippen LogP contribution >= 0.6 is 0 Å². The number of benzene rings is 1. The predicted molar refractivity (Wildman–Crippen MR) is 90.4 cm³/mol. The normalized spacial score (nSPS) is 10.1. The van der Waals surface area contributed by atoms with Crippen LogP contribution in [0.5, 0.6) is 11.5 Å². The maximum atomic E-state index is 12.1. The summed E-state index contributed by atoms with van der Waals surface area (Å²) in [7, 11) is 6.98. The topological polar surface area (TPSA) is 63.7 Å². The SMILES string of the molecule is COc1ccc(CC(=O)Nc2ccc(N(C)C)nc2)cc1OC. The molecule has 1 N–H and O–H groups in total. The highest BCUT2D eigenvalue weighted by Gasteiger charge is 2.09. The number of nitrogens with one attached hydrogen (secondary N) is 1. The summed E-state index contributed by atoms with van der Waals surface area (Å²) in [6, 6.07) is 9.11. The van der Waals surface area contributed by atoms with Gasteiger partial charge in [-0.15, -0.1) is 0 Å². The zero-order valence-electron chi connectivity index (χ0n) is 13.8. The molecule has 0 spiro atoms. The third kappa shape index (κ3) is 4.35. The van der Waals surface area contributed by atoms with Crippen molar-refractivity contribution in [3.8, 4) is 11.5 Å². The number of carbonyl (C=O) groups excluding carboxylic acids is 1. The lowest BCUT2D eigenvalue weighted by molar-refractivity contribution is -0.115.